The molecule has 6 heteroatoms. The number of nitrogens with one attached hydrogen (secondary N) is 2. The Labute approximate surface area is 150 Å². The van der Waals surface area contributed by atoms with E-state index in [1.807, 2.05) is 13.1 Å². The molecule has 1 unspecified atom stereocenters. The van der Waals surface area contributed by atoms with Crippen molar-refractivity contribution in [1.29, 1.82) is 0 Å². The molecule has 138 valence electrons. The average Bonchev–Trinajstić information content (AvgIpc) is 3.37. The lowest BCUT2D eigenvalue weighted by molar-refractivity contribution is 0.321. The zero-order valence-electron chi connectivity index (χ0n) is 15.5. The Morgan fingerprint density at radius 1 is 1.16 bits per heavy atom. The standard InChI is InChI=1S/C19H30N4O2/c1-20-19(21-11-14-4-5-14)22-16-6-7-23(13-16)12-15-8-17(24-2)10-18(9-15)25-3/h8-10,14,16H,4-7,11-13H2,1-3H3,(H2,20,21,22). The van der Waals surface area contributed by atoms with Crippen molar-refractivity contribution in [1.82, 2.24) is 15.5 Å². The van der Waals surface area contributed by atoms with Crippen LogP contribution in [0.25, 0.3) is 0 Å². The van der Waals surface area contributed by atoms with Crippen LogP contribution in [0.2, 0.25) is 0 Å². The summed E-state index contributed by atoms with van der Waals surface area (Å²) in [5.41, 5.74) is 1.22. The van der Waals surface area contributed by atoms with E-state index in [1.165, 1.54) is 18.4 Å². The van der Waals surface area contributed by atoms with Crippen LogP contribution < -0.4 is 20.1 Å². The number of guanidine groups is 1. The number of likely N-dealkylation sites (tertiary alicyclic amines) is 1. The molecule has 1 aromatic carbocycles. The fraction of sp³-hybridized carbons (Fsp3) is 0.632. The molecular formula is C19H30N4O2. The van der Waals surface area contributed by atoms with E-state index >= 15 is 0 Å². The Morgan fingerprint density at radius 3 is 2.48 bits per heavy atom. The predicted molar refractivity (Wildman–Crippen MR) is 100 cm³/mol. The molecule has 3 rings (SSSR count). The zero-order chi connectivity index (χ0) is 17.6. The molecule has 1 heterocycles. The maximum atomic E-state index is 5.37. The van der Waals surface area contributed by atoms with Gasteiger partial charge in [-0.3, -0.25) is 9.89 Å². The molecule has 0 spiro atoms. The summed E-state index contributed by atoms with van der Waals surface area (Å²) in [7, 11) is 5.22. The molecule has 2 N–H and O–H groups in total. The normalized spacial score (nSPS) is 21.2. The Morgan fingerprint density at radius 2 is 1.88 bits per heavy atom. The van der Waals surface area contributed by atoms with Crippen LogP contribution in [-0.4, -0.2) is 57.8 Å². The molecular weight excluding hydrogens is 316 g/mol. The first-order valence-corrected chi connectivity index (χ1v) is 9.11. The molecule has 1 aromatic rings. The molecule has 0 amide bonds. The number of methoxy groups -OCH3 is 2. The number of nitrogens with zero attached hydrogens (tertiary/aromatic N) is 2. The highest BCUT2D eigenvalue weighted by Crippen LogP contribution is 2.27. The fourth-order valence-electron chi connectivity index (χ4n) is 3.26. The first-order chi connectivity index (χ1) is 12.2. The third kappa shape index (κ3) is 5.26. The van der Waals surface area contributed by atoms with Crippen molar-refractivity contribution in [2.45, 2.75) is 31.8 Å². The van der Waals surface area contributed by atoms with Crippen LogP contribution in [0.1, 0.15) is 24.8 Å². The van der Waals surface area contributed by atoms with Crippen molar-refractivity contribution in [2.24, 2.45) is 10.9 Å². The van der Waals surface area contributed by atoms with Gasteiger partial charge >= 0.3 is 0 Å². The largest absolute Gasteiger partial charge is 0.497 e. The molecule has 0 aromatic heterocycles. The molecule has 0 radical (unpaired) electrons. The van der Waals surface area contributed by atoms with E-state index in [4.69, 9.17) is 9.47 Å². The average molecular weight is 346 g/mol. The number of ether oxygens (including phenoxy) is 2. The van der Waals surface area contributed by atoms with Crippen molar-refractivity contribution in [3.8, 4) is 11.5 Å². The quantitative estimate of drug-likeness (QED) is 0.583. The Bertz CT molecular complexity index is 579. The van der Waals surface area contributed by atoms with Gasteiger partial charge in [0.05, 0.1) is 14.2 Å². The lowest BCUT2D eigenvalue weighted by Crippen LogP contribution is -2.45. The predicted octanol–water partition coefficient (Wildman–Crippen LogP) is 1.85. The van der Waals surface area contributed by atoms with Crippen LogP contribution in [0.4, 0.5) is 0 Å². The summed E-state index contributed by atoms with van der Waals surface area (Å²) in [6, 6.07) is 6.52. The van der Waals surface area contributed by atoms with Gasteiger partial charge in [-0.15, -0.1) is 0 Å². The summed E-state index contributed by atoms with van der Waals surface area (Å²) in [6.07, 6.45) is 3.83. The summed E-state index contributed by atoms with van der Waals surface area (Å²) in [5.74, 6) is 3.46. The topological polar surface area (TPSA) is 58.1 Å². The van der Waals surface area contributed by atoms with E-state index in [9.17, 15) is 0 Å². The fourth-order valence-corrected chi connectivity index (χ4v) is 3.26. The highest BCUT2D eigenvalue weighted by atomic mass is 16.5. The Balaban J connectivity index is 1.50. The van der Waals surface area contributed by atoms with Gasteiger partial charge in [-0.05, 0) is 42.9 Å². The molecule has 0 bridgehead atoms. The maximum absolute atomic E-state index is 5.37. The minimum Gasteiger partial charge on any atom is -0.497 e. The van der Waals surface area contributed by atoms with Crippen LogP contribution in [0.3, 0.4) is 0 Å². The smallest absolute Gasteiger partial charge is 0.191 e. The van der Waals surface area contributed by atoms with E-state index in [-0.39, 0.29) is 0 Å². The van der Waals surface area contributed by atoms with Gasteiger partial charge in [0, 0.05) is 45.3 Å². The molecule has 1 aliphatic carbocycles. The highest BCUT2D eigenvalue weighted by Gasteiger charge is 2.25. The number of hydrogen-bond acceptors (Lipinski definition) is 4. The van der Waals surface area contributed by atoms with E-state index in [0.29, 0.717) is 6.04 Å². The number of benzene rings is 1. The summed E-state index contributed by atoms with van der Waals surface area (Å²) in [4.78, 5) is 6.81. The summed E-state index contributed by atoms with van der Waals surface area (Å²) >= 11 is 0. The van der Waals surface area contributed by atoms with Crippen LogP contribution in [0.5, 0.6) is 11.5 Å². The minimum absolute atomic E-state index is 0.443. The van der Waals surface area contributed by atoms with Crippen molar-refractivity contribution in [3.05, 3.63) is 23.8 Å². The summed E-state index contributed by atoms with van der Waals surface area (Å²) in [5, 5.41) is 7.00. The first-order valence-electron chi connectivity index (χ1n) is 9.11. The molecule has 1 saturated heterocycles. The molecule has 25 heavy (non-hydrogen) atoms. The van der Waals surface area contributed by atoms with Gasteiger partial charge in [0.2, 0.25) is 0 Å². The van der Waals surface area contributed by atoms with Crippen LogP contribution in [0, 0.1) is 5.92 Å². The van der Waals surface area contributed by atoms with Gasteiger partial charge in [0.15, 0.2) is 5.96 Å². The van der Waals surface area contributed by atoms with Crippen molar-refractivity contribution >= 4 is 5.96 Å². The van der Waals surface area contributed by atoms with Gasteiger partial charge in [-0.25, -0.2) is 0 Å². The second-order valence-corrected chi connectivity index (χ2v) is 6.98. The molecule has 6 nitrogen and oxygen atoms in total. The first kappa shape index (κ1) is 17.9. The van der Waals surface area contributed by atoms with Gasteiger partial charge in [0.1, 0.15) is 11.5 Å². The number of hydrogen-bond donors (Lipinski definition) is 2. The van der Waals surface area contributed by atoms with Gasteiger partial charge in [-0.2, -0.15) is 0 Å². The maximum Gasteiger partial charge on any atom is 0.191 e. The molecule has 1 aliphatic heterocycles. The van der Waals surface area contributed by atoms with E-state index < -0.39 is 0 Å². The van der Waals surface area contributed by atoms with Gasteiger partial charge in [-0.1, -0.05) is 0 Å². The SMILES string of the molecule is CN=C(NCC1CC1)NC1CCN(Cc2cc(OC)cc(OC)c2)C1. The van der Waals surface area contributed by atoms with Gasteiger partial charge in [0.25, 0.3) is 0 Å². The third-order valence-corrected chi connectivity index (χ3v) is 4.91. The highest BCUT2D eigenvalue weighted by molar-refractivity contribution is 5.80. The van der Waals surface area contributed by atoms with Crippen molar-refractivity contribution in [3.63, 3.8) is 0 Å². The van der Waals surface area contributed by atoms with Crippen LogP contribution in [0.15, 0.2) is 23.2 Å². The summed E-state index contributed by atoms with van der Waals surface area (Å²) in [6.45, 7) is 4.04. The molecule has 2 aliphatic rings. The lowest BCUT2D eigenvalue weighted by atomic mass is 10.2. The Hall–Kier alpha value is -1.95. The minimum atomic E-state index is 0.443. The van der Waals surface area contributed by atoms with Crippen LogP contribution in [-0.2, 0) is 6.54 Å². The van der Waals surface area contributed by atoms with Crippen molar-refractivity contribution < 1.29 is 9.47 Å². The second kappa shape index (κ2) is 8.43. The van der Waals surface area contributed by atoms with E-state index in [1.54, 1.807) is 14.2 Å². The van der Waals surface area contributed by atoms with Crippen LogP contribution >= 0.6 is 0 Å². The van der Waals surface area contributed by atoms with Crippen molar-refractivity contribution in [2.75, 3.05) is 40.9 Å². The molecule has 1 saturated carbocycles. The molecule has 1 atom stereocenters. The summed E-state index contributed by atoms with van der Waals surface area (Å²) < 4.78 is 10.7. The number of aliphatic imine (C=N–C) groups is 1. The monoisotopic (exact) mass is 346 g/mol. The third-order valence-electron chi connectivity index (χ3n) is 4.91. The second-order valence-electron chi connectivity index (χ2n) is 6.98. The Kier molecular flexibility index (Phi) is 6.02. The van der Waals surface area contributed by atoms with E-state index in [2.05, 4.69) is 32.7 Å². The zero-order valence-corrected chi connectivity index (χ0v) is 15.5. The van der Waals surface area contributed by atoms with E-state index in [0.717, 1.165) is 56.0 Å². The number of rotatable bonds is 7. The lowest BCUT2D eigenvalue weighted by Gasteiger charge is -2.19. The molecule has 2 fully saturated rings. The van der Waals surface area contributed by atoms with Gasteiger partial charge < -0.3 is 20.1 Å².